The van der Waals surface area contributed by atoms with Gasteiger partial charge in [0.15, 0.2) is 0 Å². The summed E-state index contributed by atoms with van der Waals surface area (Å²) >= 11 is 0. The molecular formula is C15H30N2. The van der Waals surface area contributed by atoms with E-state index in [1.54, 1.807) is 0 Å². The minimum Gasteiger partial charge on any atom is -0.297 e. The van der Waals surface area contributed by atoms with Crippen LogP contribution < -0.4 is 0 Å². The van der Waals surface area contributed by atoms with Crippen molar-refractivity contribution in [1.82, 2.24) is 9.80 Å². The van der Waals surface area contributed by atoms with E-state index in [0.717, 1.165) is 12.0 Å². The lowest BCUT2D eigenvalue weighted by atomic mass is 9.75. The van der Waals surface area contributed by atoms with Gasteiger partial charge in [-0.05, 0) is 31.6 Å². The highest BCUT2D eigenvalue weighted by molar-refractivity contribution is 5.00. The van der Waals surface area contributed by atoms with Crippen LogP contribution in [-0.4, -0.2) is 47.6 Å². The number of likely N-dealkylation sites (tertiary alicyclic amines) is 2. The molecule has 0 aromatic heterocycles. The fourth-order valence-electron chi connectivity index (χ4n) is 2.76. The van der Waals surface area contributed by atoms with Crippen LogP contribution in [0.25, 0.3) is 0 Å². The maximum Gasteiger partial charge on any atom is 0.0351 e. The first kappa shape index (κ1) is 13.4. The Labute approximate surface area is 107 Å². The van der Waals surface area contributed by atoms with Crippen molar-refractivity contribution >= 4 is 0 Å². The summed E-state index contributed by atoms with van der Waals surface area (Å²) in [5, 5.41) is 0. The Hall–Kier alpha value is -0.0800. The minimum absolute atomic E-state index is 0.408. The number of nitrogens with zero attached hydrogens (tertiary/aromatic N) is 2. The Balaban J connectivity index is 1.73. The van der Waals surface area contributed by atoms with E-state index < -0.39 is 0 Å². The van der Waals surface area contributed by atoms with Gasteiger partial charge in [0.05, 0.1) is 0 Å². The third-order valence-electron chi connectivity index (χ3n) is 5.23. The lowest BCUT2D eigenvalue weighted by Gasteiger charge is -2.58. The summed E-state index contributed by atoms with van der Waals surface area (Å²) in [6.07, 6.45) is 1.25. The van der Waals surface area contributed by atoms with E-state index in [-0.39, 0.29) is 0 Å². The Morgan fingerprint density at radius 2 is 1.47 bits per heavy atom. The normalized spacial score (nSPS) is 25.8. The molecule has 0 radical (unpaired) electrons. The highest BCUT2D eigenvalue weighted by Gasteiger charge is 2.45. The third-order valence-corrected chi connectivity index (χ3v) is 5.23. The van der Waals surface area contributed by atoms with Crippen molar-refractivity contribution in [3.8, 4) is 0 Å². The largest absolute Gasteiger partial charge is 0.297 e. The van der Waals surface area contributed by atoms with Gasteiger partial charge in [-0.2, -0.15) is 0 Å². The molecule has 17 heavy (non-hydrogen) atoms. The summed E-state index contributed by atoms with van der Waals surface area (Å²) in [4.78, 5) is 5.33. The van der Waals surface area contributed by atoms with Gasteiger partial charge in [0, 0.05) is 37.8 Å². The molecule has 0 amide bonds. The first-order chi connectivity index (χ1) is 7.74. The van der Waals surface area contributed by atoms with Gasteiger partial charge >= 0.3 is 0 Å². The number of rotatable bonds is 3. The predicted molar refractivity (Wildman–Crippen MR) is 74.2 cm³/mol. The molecule has 0 bridgehead atoms. The summed E-state index contributed by atoms with van der Waals surface area (Å²) in [5.74, 6) is 0.913. The Bertz CT molecular complexity index is 265. The van der Waals surface area contributed by atoms with Crippen molar-refractivity contribution in [2.45, 2.75) is 59.5 Å². The van der Waals surface area contributed by atoms with Crippen molar-refractivity contribution in [2.24, 2.45) is 11.3 Å². The summed E-state index contributed by atoms with van der Waals surface area (Å²) < 4.78 is 0. The predicted octanol–water partition coefficient (Wildman–Crippen LogP) is 2.84. The van der Waals surface area contributed by atoms with Crippen molar-refractivity contribution < 1.29 is 0 Å². The Kier molecular flexibility index (Phi) is 3.33. The van der Waals surface area contributed by atoms with Crippen LogP contribution in [0.3, 0.4) is 0 Å². The molecule has 0 saturated carbocycles. The van der Waals surface area contributed by atoms with Gasteiger partial charge in [-0.25, -0.2) is 0 Å². The summed E-state index contributed by atoms with van der Waals surface area (Å²) in [6.45, 7) is 19.4. The molecule has 0 aliphatic carbocycles. The topological polar surface area (TPSA) is 6.48 Å². The average molecular weight is 238 g/mol. The molecule has 0 N–H and O–H groups in total. The SMILES string of the molecule is CCC(C)(C)N1CC(N2CC(C(C)(C)C)C2)C1. The average Bonchev–Trinajstić information content (AvgIpc) is 2.03. The molecule has 0 atom stereocenters. The fraction of sp³-hybridized carbons (Fsp3) is 1.00. The molecule has 2 aliphatic rings. The van der Waals surface area contributed by atoms with Crippen molar-refractivity contribution in [3.63, 3.8) is 0 Å². The van der Waals surface area contributed by atoms with E-state index in [0.29, 0.717) is 11.0 Å². The molecule has 100 valence electrons. The standard InChI is InChI=1S/C15H30N2/c1-7-15(5,6)17-10-13(11-17)16-8-12(9-16)14(2,3)4/h12-13H,7-11H2,1-6H3. The van der Waals surface area contributed by atoms with Gasteiger partial charge < -0.3 is 0 Å². The van der Waals surface area contributed by atoms with Crippen LogP contribution in [0.15, 0.2) is 0 Å². The van der Waals surface area contributed by atoms with Crippen molar-refractivity contribution in [3.05, 3.63) is 0 Å². The maximum atomic E-state index is 2.69. The molecule has 2 heterocycles. The van der Waals surface area contributed by atoms with Crippen LogP contribution in [0.4, 0.5) is 0 Å². The zero-order valence-electron chi connectivity index (χ0n) is 12.6. The molecule has 2 aliphatic heterocycles. The van der Waals surface area contributed by atoms with Crippen LogP contribution in [-0.2, 0) is 0 Å². The van der Waals surface area contributed by atoms with Crippen LogP contribution in [0, 0.1) is 11.3 Å². The monoisotopic (exact) mass is 238 g/mol. The highest BCUT2D eigenvalue weighted by Crippen LogP contribution is 2.37. The smallest absolute Gasteiger partial charge is 0.0351 e. The Morgan fingerprint density at radius 3 is 1.88 bits per heavy atom. The second kappa shape index (κ2) is 4.24. The van der Waals surface area contributed by atoms with Crippen LogP contribution in [0.5, 0.6) is 0 Å². The summed E-state index contributed by atoms with van der Waals surface area (Å²) in [5.41, 5.74) is 0.910. The number of hydrogen-bond donors (Lipinski definition) is 0. The second-order valence-electron chi connectivity index (χ2n) is 7.74. The van der Waals surface area contributed by atoms with Gasteiger partial charge in [0.1, 0.15) is 0 Å². The first-order valence-electron chi connectivity index (χ1n) is 7.23. The first-order valence-corrected chi connectivity index (χ1v) is 7.23. The van der Waals surface area contributed by atoms with Gasteiger partial charge in [0.25, 0.3) is 0 Å². The lowest BCUT2D eigenvalue weighted by Crippen LogP contribution is -2.69. The molecule has 0 aromatic rings. The van der Waals surface area contributed by atoms with Crippen molar-refractivity contribution in [2.75, 3.05) is 26.2 Å². The zero-order chi connectivity index (χ0) is 12.8. The second-order valence-corrected chi connectivity index (χ2v) is 7.74. The van der Waals surface area contributed by atoms with Gasteiger partial charge in [-0.1, -0.05) is 27.7 Å². The molecule has 2 nitrogen and oxygen atoms in total. The van der Waals surface area contributed by atoms with E-state index in [9.17, 15) is 0 Å². The lowest BCUT2D eigenvalue weighted by molar-refractivity contribution is -0.0893. The highest BCUT2D eigenvalue weighted by atomic mass is 15.4. The molecule has 2 rings (SSSR count). The fourth-order valence-corrected chi connectivity index (χ4v) is 2.76. The van der Waals surface area contributed by atoms with E-state index in [2.05, 4.69) is 51.3 Å². The van der Waals surface area contributed by atoms with Crippen LogP contribution >= 0.6 is 0 Å². The van der Waals surface area contributed by atoms with Gasteiger partial charge in [-0.3, -0.25) is 9.80 Å². The van der Waals surface area contributed by atoms with E-state index in [1.807, 2.05) is 0 Å². The molecule has 0 spiro atoms. The van der Waals surface area contributed by atoms with E-state index in [4.69, 9.17) is 0 Å². The quantitative estimate of drug-likeness (QED) is 0.746. The molecule has 2 heteroatoms. The zero-order valence-corrected chi connectivity index (χ0v) is 12.6. The molecule has 0 aromatic carbocycles. The van der Waals surface area contributed by atoms with Gasteiger partial charge in [0.2, 0.25) is 0 Å². The summed E-state index contributed by atoms with van der Waals surface area (Å²) in [6, 6.07) is 0.847. The number of hydrogen-bond acceptors (Lipinski definition) is 2. The maximum absolute atomic E-state index is 2.69. The Morgan fingerprint density at radius 1 is 0.941 bits per heavy atom. The van der Waals surface area contributed by atoms with Crippen LogP contribution in [0.1, 0.15) is 48.0 Å². The molecular weight excluding hydrogens is 208 g/mol. The molecule has 2 fully saturated rings. The van der Waals surface area contributed by atoms with E-state index >= 15 is 0 Å². The van der Waals surface area contributed by atoms with Gasteiger partial charge in [-0.15, -0.1) is 0 Å². The van der Waals surface area contributed by atoms with E-state index in [1.165, 1.54) is 32.6 Å². The minimum atomic E-state index is 0.408. The van der Waals surface area contributed by atoms with Crippen molar-refractivity contribution in [1.29, 1.82) is 0 Å². The summed E-state index contributed by atoms with van der Waals surface area (Å²) in [7, 11) is 0. The molecule has 2 saturated heterocycles. The van der Waals surface area contributed by atoms with Crippen LogP contribution in [0.2, 0.25) is 0 Å². The third kappa shape index (κ3) is 2.53. The molecule has 0 unspecified atom stereocenters.